The molecule has 2 aromatic rings. The van der Waals surface area contributed by atoms with E-state index in [9.17, 15) is 22.4 Å². The van der Waals surface area contributed by atoms with Crippen LogP contribution in [0.25, 0.3) is 11.0 Å². The minimum Gasteiger partial charge on any atom is -0.306 e. The summed E-state index contributed by atoms with van der Waals surface area (Å²) in [5.74, 6) is -1.06. The molecule has 0 amide bonds. The highest BCUT2D eigenvalue weighted by Gasteiger charge is 2.33. The predicted octanol–water partition coefficient (Wildman–Crippen LogP) is 2.64. The van der Waals surface area contributed by atoms with Gasteiger partial charge < -0.3 is 4.98 Å². The lowest BCUT2D eigenvalue weighted by Gasteiger charge is -2.08. The molecule has 0 spiro atoms. The maximum Gasteiger partial charge on any atom is 0.433 e. The van der Waals surface area contributed by atoms with Gasteiger partial charge in [-0.3, -0.25) is 4.79 Å². The zero-order valence-electron chi connectivity index (χ0n) is 9.23. The summed E-state index contributed by atoms with van der Waals surface area (Å²) in [6, 6.07) is 1.54. The molecule has 0 fully saturated rings. The fourth-order valence-electron chi connectivity index (χ4n) is 1.59. The molecule has 0 saturated carbocycles. The molecule has 0 aliphatic carbocycles. The molecule has 2 heterocycles. The number of hydrogen-bond donors (Lipinski definition) is 1. The van der Waals surface area contributed by atoms with E-state index >= 15 is 0 Å². The van der Waals surface area contributed by atoms with Crippen LogP contribution in [0.4, 0.5) is 17.6 Å². The standard InChI is InChI=1S/C11H8F4N2O/c1-2-5-3-6-7(12)4-8(11(13,14)15)16-9(6)17-10(5)18/h3-4H,2H2,1H3,(H,16,17,18). The van der Waals surface area contributed by atoms with Crippen molar-refractivity contribution < 1.29 is 17.6 Å². The van der Waals surface area contributed by atoms with Gasteiger partial charge in [0, 0.05) is 11.6 Å². The Kier molecular flexibility index (Phi) is 2.84. The van der Waals surface area contributed by atoms with E-state index in [4.69, 9.17) is 0 Å². The van der Waals surface area contributed by atoms with Crippen LogP contribution in [0.3, 0.4) is 0 Å². The van der Waals surface area contributed by atoms with Crippen molar-refractivity contribution in [1.82, 2.24) is 9.97 Å². The van der Waals surface area contributed by atoms with Crippen LogP contribution in [-0.2, 0) is 12.6 Å². The van der Waals surface area contributed by atoms with Gasteiger partial charge in [-0.05, 0) is 12.5 Å². The van der Waals surface area contributed by atoms with Crippen LogP contribution in [-0.4, -0.2) is 9.97 Å². The number of aromatic nitrogens is 2. The van der Waals surface area contributed by atoms with Crippen molar-refractivity contribution in [2.75, 3.05) is 0 Å². The molecule has 1 N–H and O–H groups in total. The molecular weight excluding hydrogens is 252 g/mol. The Morgan fingerprint density at radius 3 is 2.56 bits per heavy atom. The third-order valence-corrected chi connectivity index (χ3v) is 2.52. The van der Waals surface area contributed by atoms with Crippen LogP contribution in [0.1, 0.15) is 18.2 Å². The van der Waals surface area contributed by atoms with Crippen LogP contribution in [0.5, 0.6) is 0 Å². The normalized spacial score (nSPS) is 12.1. The number of fused-ring (bicyclic) bond motifs is 1. The molecule has 18 heavy (non-hydrogen) atoms. The van der Waals surface area contributed by atoms with Gasteiger partial charge >= 0.3 is 6.18 Å². The number of rotatable bonds is 1. The van der Waals surface area contributed by atoms with Gasteiger partial charge in [0.15, 0.2) is 0 Å². The molecular formula is C11H8F4N2O. The van der Waals surface area contributed by atoms with E-state index in [0.29, 0.717) is 18.1 Å². The van der Waals surface area contributed by atoms with Gasteiger partial charge in [0.2, 0.25) is 0 Å². The fraction of sp³-hybridized carbons (Fsp3) is 0.273. The average Bonchev–Trinajstić information content (AvgIpc) is 2.26. The maximum atomic E-state index is 13.6. The smallest absolute Gasteiger partial charge is 0.306 e. The van der Waals surface area contributed by atoms with Gasteiger partial charge in [-0.15, -0.1) is 0 Å². The van der Waals surface area contributed by atoms with E-state index in [1.165, 1.54) is 6.07 Å². The lowest BCUT2D eigenvalue weighted by atomic mass is 10.1. The molecule has 0 atom stereocenters. The Morgan fingerprint density at radius 1 is 1.33 bits per heavy atom. The first-order valence-electron chi connectivity index (χ1n) is 5.12. The van der Waals surface area contributed by atoms with Crippen molar-refractivity contribution in [3.63, 3.8) is 0 Å². The van der Waals surface area contributed by atoms with Crippen molar-refractivity contribution in [1.29, 1.82) is 0 Å². The summed E-state index contributed by atoms with van der Waals surface area (Å²) in [4.78, 5) is 16.8. The predicted molar refractivity (Wildman–Crippen MR) is 56.7 cm³/mol. The SMILES string of the molecule is CCc1cc2c(F)cc(C(F)(F)F)nc2[nH]c1=O. The highest BCUT2D eigenvalue weighted by molar-refractivity contribution is 5.76. The summed E-state index contributed by atoms with van der Waals surface area (Å²) < 4.78 is 50.8. The number of aromatic amines is 1. The molecule has 0 aliphatic heterocycles. The molecule has 7 heteroatoms. The van der Waals surface area contributed by atoms with Crippen LogP contribution in [0, 0.1) is 5.82 Å². The van der Waals surface area contributed by atoms with Crippen molar-refractivity contribution in [3.05, 3.63) is 39.6 Å². The first-order valence-corrected chi connectivity index (χ1v) is 5.12. The minimum absolute atomic E-state index is 0.126. The third-order valence-electron chi connectivity index (χ3n) is 2.52. The van der Waals surface area contributed by atoms with Crippen molar-refractivity contribution in [2.24, 2.45) is 0 Å². The number of nitrogens with one attached hydrogen (secondary N) is 1. The van der Waals surface area contributed by atoms with Gasteiger partial charge in [-0.25, -0.2) is 9.37 Å². The molecule has 2 aromatic heterocycles. The largest absolute Gasteiger partial charge is 0.433 e. The van der Waals surface area contributed by atoms with Crippen molar-refractivity contribution >= 4 is 11.0 Å². The lowest BCUT2D eigenvalue weighted by Crippen LogP contribution is -2.15. The second-order valence-corrected chi connectivity index (χ2v) is 3.73. The average molecular weight is 260 g/mol. The number of alkyl halides is 3. The second-order valence-electron chi connectivity index (χ2n) is 3.73. The van der Waals surface area contributed by atoms with Crippen molar-refractivity contribution in [2.45, 2.75) is 19.5 Å². The quantitative estimate of drug-likeness (QED) is 0.801. The Hall–Kier alpha value is -1.92. The van der Waals surface area contributed by atoms with E-state index < -0.39 is 28.9 Å². The molecule has 3 nitrogen and oxygen atoms in total. The lowest BCUT2D eigenvalue weighted by molar-refractivity contribution is -0.141. The number of hydrogen-bond acceptors (Lipinski definition) is 2. The second kappa shape index (κ2) is 4.08. The number of nitrogens with zero attached hydrogens (tertiary/aromatic N) is 1. The van der Waals surface area contributed by atoms with Crippen molar-refractivity contribution in [3.8, 4) is 0 Å². The highest BCUT2D eigenvalue weighted by Crippen LogP contribution is 2.29. The van der Waals surface area contributed by atoms with Gasteiger partial charge in [-0.2, -0.15) is 13.2 Å². The minimum atomic E-state index is -4.75. The van der Waals surface area contributed by atoms with E-state index in [1.807, 2.05) is 0 Å². The molecule has 96 valence electrons. The molecule has 0 saturated heterocycles. The number of aryl methyl sites for hydroxylation is 1. The zero-order valence-corrected chi connectivity index (χ0v) is 9.23. The van der Waals surface area contributed by atoms with Gasteiger partial charge in [0.25, 0.3) is 5.56 Å². The van der Waals surface area contributed by atoms with E-state index in [0.717, 1.165) is 0 Å². The van der Waals surface area contributed by atoms with E-state index in [2.05, 4.69) is 9.97 Å². The van der Waals surface area contributed by atoms with E-state index in [1.54, 1.807) is 6.92 Å². The Morgan fingerprint density at radius 2 is 2.00 bits per heavy atom. The zero-order chi connectivity index (χ0) is 13.5. The summed E-state index contributed by atoms with van der Waals surface area (Å²) in [5.41, 5.74) is -2.03. The Bertz CT molecular complexity index is 660. The first-order chi connectivity index (χ1) is 8.32. The third kappa shape index (κ3) is 2.07. The molecule has 0 radical (unpaired) electrons. The fourth-order valence-corrected chi connectivity index (χ4v) is 1.59. The number of pyridine rings is 2. The molecule has 0 unspecified atom stereocenters. The molecule has 2 rings (SSSR count). The molecule has 0 aliphatic rings. The summed E-state index contributed by atoms with van der Waals surface area (Å²) in [5, 5.41) is -0.126. The topological polar surface area (TPSA) is 45.8 Å². The Labute approximate surface area is 98.5 Å². The molecule has 0 bridgehead atoms. The number of H-pyrrole nitrogens is 1. The van der Waals surface area contributed by atoms with Gasteiger partial charge in [-0.1, -0.05) is 6.92 Å². The summed E-state index contributed by atoms with van der Waals surface area (Å²) in [7, 11) is 0. The van der Waals surface area contributed by atoms with Gasteiger partial charge in [0.05, 0.1) is 5.39 Å². The van der Waals surface area contributed by atoms with E-state index in [-0.39, 0.29) is 5.39 Å². The van der Waals surface area contributed by atoms with Gasteiger partial charge in [0.1, 0.15) is 17.2 Å². The maximum absolute atomic E-state index is 13.6. The van der Waals surface area contributed by atoms with Crippen LogP contribution >= 0.6 is 0 Å². The van der Waals surface area contributed by atoms with Crippen LogP contribution in [0.2, 0.25) is 0 Å². The first kappa shape index (κ1) is 12.5. The summed E-state index contributed by atoms with van der Waals surface area (Å²) in [6.07, 6.45) is -4.40. The monoisotopic (exact) mass is 260 g/mol. The molecule has 0 aromatic carbocycles. The number of halogens is 4. The summed E-state index contributed by atoms with van der Waals surface area (Å²) >= 11 is 0. The summed E-state index contributed by atoms with van der Waals surface area (Å²) in [6.45, 7) is 1.69. The van der Waals surface area contributed by atoms with Crippen LogP contribution < -0.4 is 5.56 Å². The highest BCUT2D eigenvalue weighted by atomic mass is 19.4. The van der Waals surface area contributed by atoms with Crippen LogP contribution in [0.15, 0.2) is 16.9 Å². The Balaban J connectivity index is 2.79.